The largest absolute Gasteiger partial charge is 0.378 e. The summed E-state index contributed by atoms with van der Waals surface area (Å²) in [6, 6.07) is 13.4. The average molecular weight is 435 g/mol. The fraction of sp³-hybridized carbons (Fsp3) is 0.440. The Morgan fingerprint density at radius 3 is 2.59 bits per heavy atom. The Labute approximate surface area is 188 Å². The monoisotopic (exact) mass is 434 g/mol. The third-order valence-electron chi connectivity index (χ3n) is 6.73. The molecule has 0 saturated carbocycles. The number of carbonyl (C=O) groups is 2. The molecular weight excluding hydrogens is 404 g/mol. The number of hydrogen-bond acceptors (Lipinski definition) is 5. The van der Waals surface area contributed by atoms with Crippen molar-refractivity contribution in [2.24, 2.45) is 0 Å². The third kappa shape index (κ3) is 3.81. The Kier molecular flexibility index (Phi) is 5.74. The van der Waals surface area contributed by atoms with Crippen LogP contribution in [0.3, 0.4) is 0 Å². The molecule has 1 N–H and O–H groups in total. The SMILES string of the molecule is CCN1c2cc(C(=O)Nc3ccc(N4CCOCC4)cc3)ccc2C(=O)N2CCCCC21. The van der Waals surface area contributed by atoms with E-state index >= 15 is 0 Å². The smallest absolute Gasteiger partial charge is 0.257 e. The van der Waals surface area contributed by atoms with Gasteiger partial charge in [-0.15, -0.1) is 0 Å². The van der Waals surface area contributed by atoms with Crippen molar-refractivity contribution in [2.75, 3.05) is 54.5 Å². The van der Waals surface area contributed by atoms with E-state index in [1.165, 1.54) is 0 Å². The number of amides is 2. The molecule has 168 valence electrons. The molecule has 0 aliphatic carbocycles. The molecule has 2 saturated heterocycles. The van der Waals surface area contributed by atoms with Gasteiger partial charge in [0.2, 0.25) is 0 Å². The van der Waals surface area contributed by atoms with Gasteiger partial charge in [0.15, 0.2) is 0 Å². The van der Waals surface area contributed by atoms with Crippen LogP contribution in [0, 0.1) is 0 Å². The highest BCUT2D eigenvalue weighted by molar-refractivity contribution is 6.08. The molecule has 0 spiro atoms. The molecule has 2 aromatic carbocycles. The van der Waals surface area contributed by atoms with Gasteiger partial charge in [0.25, 0.3) is 11.8 Å². The Morgan fingerprint density at radius 1 is 1.06 bits per heavy atom. The number of rotatable bonds is 4. The van der Waals surface area contributed by atoms with Gasteiger partial charge in [0.05, 0.1) is 24.5 Å². The summed E-state index contributed by atoms with van der Waals surface area (Å²) in [4.78, 5) is 32.6. The van der Waals surface area contributed by atoms with E-state index in [4.69, 9.17) is 4.74 Å². The second kappa shape index (κ2) is 8.82. The van der Waals surface area contributed by atoms with Crippen molar-refractivity contribution < 1.29 is 14.3 Å². The predicted octanol–water partition coefficient (Wildman–Crippen LogP) is 3.57. The van der Waals surface area contributed by atoms with Crippen LogP contribution in [0.5, 0.6) is 0 Å². The maximum Gasteiger partial charge on any atom is 0.257 e. The quantitative estimate of drug-likeness (QED) is 0.797. The summed E-state index contributed by atoms with van der Waals surface area (Å²) in [6.07, 6.45) is 3.26. The molecule has 0 aromatic heterocycles. The van der Waals surface area contributed by atoms with Crippen LogP contribution in [-0.2, 0) is 4.74 Å². The fourth-order valence-electron chi connectivity index (χ4n) is 5.04. The van der Waals surface area contributed by atoms with Gasteiger partial charge >= 0.3 is 0 Å². The van der Waals surface area contributed by atoms with E-state index in [-0.39, 0.29) is 18.0 Å². The molecule has 32 heavy (non-hydrogen) atoms. The highest BCUT2D eigenvalue weighted by Gasteiger charge is 2.38. The van der Waals surface area contributed by atoms with Gasteiger partial charge in [-0.3, -0.25) is 9.59 Å². The minimum Gasteiger partial charge on any atom is -0.378 e. The molecule has 3 aliphatic heterocycles. The highest BCUT2D eigenvalue weighted by atomic mass is 16.5. The van der Waals surface area contributed by atoms with Gasteiger partial charge < -0.3 is 24.8 Å². The standard InChI is InChI=1S/C25H30N4O3/c1-2-28-22-17-18(6-11-21(22)25(31)29-12-4-3-5-23(28)29)24(30)26-19-7-9-20(10-8-19)27-13-15-32-16-14-27/h6-11,17,23H,2-5,12-16H2,1H3,(H,26,30). The zero-order chi connectivity index (χ0) is 22.1. The average Bonchev–Trinajstić information content (AvgIpc) is 2.85. The fourth-order valence-corrected chi connectivity index (χ4v) is 5.04. The van der Waals surface area contributed by atoms with Crippen LogP contribution in [-0.4, -0.2) is 62.3 Å². The second-order valence-electron chi connectivity index (χ2n) is 8.59. The molecule has 7 nitrogen and oxygen atoms in total. The van der Waals surface area contributed by atoms with E-state index in [1.54, 1.807) is 6.07 Å². The van der Waals surface area contributed by atoms with Crippen molar-refractivity contribution in [3.63, 3.8) is 0 Å². The van der Waals surface area contributed by atoms with E-state index in [1.807, 2.05) is 41.3 Å². The number of nitrogens with one attached hydrogen (secondary N) is 1. The molecule has 2 aromatic rings. The van der Waals surface area contributed by atoms with Crippen molar-refractivity contribution in [2.45, 2.75) is 32.4 Å². The maximum absolute atomic E-state index is 13.0. The van der Waals surface area contributed by atoms with E-state index in [9.17, 15) is 9.59 Å². The molecule has 1 unspecified atom stereocenters. The van der Waals surface area contributed by atoms with Crippen LogP contribution >= 0.6 is 0 Å². The number of hydrogen-bond donors (Lipinski definition) is 1. The van der Waals surface area contributed by atoms with Gasteiger partial charge in [0, 0.05) is 43.1 Å². The van der Waals surface area contributed by atoms with Crippen LogP contribution in [0.4, 0.5) is 17.1 Å². The first kappa shape index (κ1) is 20.8. The Morgan fingerprint density at radius 2 is 1.84 bits per heavy atom. The van der Waals surface area contributed by atoms with Crippen molar-refractivity contribution >= 4 is 28.9 Å². The van der Waals surface area contributed by atoms with Gasteiger partial charge in [0.1, 0.15) is 6.17 Å². The molecule has 5 rings (SSSR count). The number of benzene rings is 2. The second-order valence-corrected chi connectivity index (χ2v) is 8.59. The minimum absolute atomic E-state index is 0.0834. The third-order valence-corrected chi connectivity index (χ3v) is 6.73. The molecule has 0 bridgehead atoms. The van der Waals surface area contributed by atoms with E-state index in [2.05, 4.69) is 22.0 Å². The Bertz CT molecular complexity index is 1000. The zero-order valence-corrected chi connectivity index (χ0v) is 18.5. The van der Waals surface area contributed by atoms with E-state index < -0.39 is 0 Å². The summed E-state index contributed by atoms with van der Waals surface area (Å²) in [7, 11) is 0. The molecule has 3 aliphatic rings. The first-order valence-electron chi connectivity index (χ1n) is 11.6. The number of piperidine rings is 1. The van der Waals surface area contributed by atoms with Gasteiger partial charge in [-0.1, -0.05) is 0 Å². The first-order valence-corrected chi connectivity index (χ1v) is 11.6. The van der Waals surface area contributed by atoms with Gasteiger partial charge in [-0.25, -0.2) is 0 Å². The maximum atomic E-state index is 13.0. The lowest BCUT2D eigenvalue weighted by Gasteiger charge is -2.47. The van der Waals surface area contributed by atoms with Crippen LogP contribution in [0.1, 0.15) is 46.9 Å². The van der Waals surface area contributed by atoms with Crippen molar-refractivity contribution in [1.82, 2.24) is 4.90 Å². The Balaban J connectivity index is 1.34. The Hall–Kier alpha value is -3.06. The lowest BCUT2D eigenvalue weighted by Crippen LogP contribution is -2.57. The highest BCUT2D eigenvalue weighted by Crippen LogP contribution is 2.36. The predicted molar refractivity (Wildman–Crippen MR) is 126 cm³/mol. The van der Waals surface area contributed by atoms with Crippen LogP contribution in [0.15, 0.2) is 42.5 Å². The van der Waals surface area contributed by atoms with Gasteiger partial charge in [-0.2, -0.15) is 0 Å². The summed E-state index contributed by atoms with van der Waals surface area (Å²) in [6.45, 7) is 6.96. The van der Waals surface area contributed by atoms with E-state index in [0.29, 0.717) is 11.1 Å². The molecule has 3 heterocycles. The topological polar surface area (TPSA) is 65.1 Å². The molecule has 1 atom stereocenters. The van der Waals surface area contributed by atoms with Crippen LogP contribution in [0.2, 0.25) is 0 Å². The first-order chi connectivity index (χ1) is 15.7. The lowest BCUT2D eigenvalue weighted by molar-refractivity contribution is 0.0582. The van der Waals surface area contributed by atoms with Crippen molar-refractivity contribution in [1.29, 1.82) is 0 Å². The molecule has 7 heteroatoms. The lowest BCUT2D eigenvalue weighted by atomic mass is 9.97. The molecule has 2 amide bonds. The number of fused-ring (bicyclic) bond motifs is 2. The van der Waals surface area contributed by atoms with E-state index in [0.717, 1.165) is 75.7 Å². The summed E-state index contributed by atoms with van der Waals surface area (Å²) in [5, 5.41) is 3.00. The summed E-state index contributed by atoms with van der Waals surface area (Å²) in [5.41, 5.74) is 4.02. The number of nitrogens with zero attached hydrogens (tertiary/aromatic N) is 3. The van der Waals surface area contributed by atoms with Crippen molar-refractivity contribution in [3.05, 3.63) is 53.6 Å². The van der Waals surface area contributed by atoms with Crippen LogP contribution < -0.4 is 15.1 Å². The van der Waals surface area contributed by atoms with Crippen molar-refractivity contribution in [3.8, 4) is 0 Å². The molecule has 2 fully saturated rings. The normalized spacial score (nSPS) is 20.6. The minimum atomic E-state index is -0.165. The zero-order valence-electron chi connectivity index (χ0n) is 18.5. The summed E-state index contributed by atoms with van der Waals surface area (Å²) in [5.74, 6) is -0.0819. The van der Waals surface area contributed by atoms with Gasteiger partial charge in [-0.05, 0) is 68.7 Å². The summed E-state index contributed by atoms with van der Waals surface area (Å²) < 4.78 is 5.41. The number of morpholine rings is 1. The number of carbonyl (C=O) groups excluding carboxylic acids is 2. The van der Waals surface area contributed by atoms with Crippen LogP contribution in [0.25, 0.3) is 0 Å². The number of anilines is 3. The summed E-state index contributed by atoms with van der Waals surface area (Å²) >= 11 is 0. The molecule has 0 radical (unpaired) electrons. The number of ether oxygens (including phenoxy) is 1. The molecular formula is C25H30N4O3.